The molecule has 94 valence electrons. The molecule has 0 aliphatic rings. The normalized spacial score (nSPS) is 13.9. The van der Waals surface area contributed by atoms with Gasteiger partial charge in [0.2, 0.25) is 0 Å². The van der Waals surface area contributed by atoms with Crippen molar-refractivity contribution in [3.05, 3.63) is 54.6 Å². The zero-order valence-corrected chi connectivity index (χ0v) is 11.6. The van der Waals surface area contributed by atoms with Gasteiger partial charge >= 0.3 is 0 Å². The first-order chi connectivity index (χ1) is 8.72. The molecule has 2 rings (SSSR count). The van der Waals surface area contributed by atoms with E-state index in [-0.39, 0.29) is 0 Å². The molecular formula is C15H17O2P. The Labute approximate surface area is 108 Å². The second-order valence-electron chi connectivity index (χ2n) is 4.06. The fourth-order valence-electron chi connectivity index (χ4n) is 2.09. The summed E-state index contributed by atoms with van der Waals surface area (Å²) in [4.78, 5) is 0. The first kappa shape index (κ1) is 12.9. The predicted molar refractivity (Wildman–Crippen MR) is 76.9 cm³/mol. The van der Waals surface area contributed by atoms with E-state index in [0.29, 0.717) is 11.9 Å². The smallest absolute Gasteiger partial charge is 0.146 e. The van der Waals surface area contributed by atoms with Gasteiger partial charge in [0.15, 0.2) is 0 Å². The molecule has 18 heavy (non-hydrogen) atoms. The average molecular weight is 260 g/mol. The second-order valence-corrected chi connectivity index (χ2v) is 7.17. The van der Waals surface area contributed by atoms with Crippen LogP contribution in [0.5, 0.6) is 5.75 Å². The van der Waals surface area contributed by atoms with Gasteiger partial charge in [-0.15, -0.1) is 0 Å². The van der Waals surface area contributed by atoms with Crippen LogP contribution in [0.2, 0.25) is 0 Å². The van der Waals surface area contributed by atoms with Crippen LogP contribution in [0, 0.1) is 0 Å². The van der Waals surface area contributed by atoms with Crippen molar-refractivity contribution in [3.8, 4) is 5.75 Å². The maximum atomic E-state index is 13.3. The largest absolute Gasteiger partial charge is 0.496 e. The van der Waals surface area contributed by atoms with Crippen molar-refractivity contribution in [2.45, 2.75) is 6.92 Å². The quantitative estimate of drug-likeness (QED) is 0.790. The monoisotopic (exact) mass is 260 g/mol. The Kier molecular flexibility index (Phi) is 3.88. The fourth-order valence-corrected chi connectivity index (χ4v) is 4.58. The summed E-state index contributed by atoms with van der Waals surface area (Å²) in [6.07, 6.45) is 0.595. The molecule has 0 heterocycles. The summed E-state index contributed by atoms with van der Waals surface area (Å²) in [5.41, 5.74) is 0. The van der Waals surface area contributed by atoms with Gasteiger partial charge in [-0.1, -0.05) is 49.4 Å². The Balaban J connectivity index is 2.61. The number of hydrogen-bond donors (Lipinski definition) is 0. The lowest BCUT2D eigenvalue weighted by Gasteiger charge is -2.19. The van der Waals surface area contributed by atoms with Crippen LogP contribution in [0.25, 0.3) is 0 Å². The topological polar surface area (TPSA) is 26.3 Å². The molecule has 2 aromatic rings. The van der Waals surface area contributed by atoms with E-state index in [2.05, 4.69) is 0 Å². The molecule has 0 N–H and O–H groups in total. The van der Waals surface area contributed by atoms with Crippen LogP contribution >= 0.6 is 7.14 Å². The average Bonchev–Trinajstić information content (AvgIpc) is 2.47. The predicted octanol–water partition coefficient (Wildman–Crippen LogP) is 3.03. The number of rotatable bonds is 4. The van der Waals surface area contributed by atoms with Crippen LogP contribution in [0.15, 0.2) is 54.6 Å². The van der Waals surface area contributed by atoms with Gasteiger partial charge in [0.25, 0.3) is 0 Å². The second kappa shape index (κ2) is 5.41. The van der Waals surface area contributed by atoms with Gasteiger partial charge in [-0.05, 0) is 12.1 Å². The number of hydrogen-bond acceptors (Lipinski definition) is 2. The minimum absolute atomic E-state index is 0.595. The standard InChI is InChI=1S/C15H17O2P/c1-3-18(16,13-9-5-4-6-10-13)15-12-8-7-11-14(15)17-2/h4-12H,3H2,1-2H3. The Hall–Kier alpha value is -1.53. The first-order valence-electron chi connectivity index (χ1n) is 6.00. The summed E-state index contributed by atoms with van der Waals surface area (Å²) in [5.74, 6) is 0.700. The van der Waals surface area contributed by atoms with Gasteiger partial charge in [-0.25, -0.2) is 0 Å². The first-order valence-corrected chi connectivity index (χ1v) is 7.90. The van der Waals surface area contributed by atoms with Crippen molar-refractivity contribution in [2.24, 2.45) is 0 Å². The number of para-hydroxylation sites is 1. The molecule has 0 aliphatic carbocycles. The Morgan fingerprint density at radius 2 is 1.61 bits per heavy atom. The Bertz CT molecular complexity index is 564. The van der Waals surface area contributed by atoms with Crippen LogP contribution < -0.4 is 15.3 Å². The highest BCUT2D eigenvalue weighted by molar-refractivity contribution is 7.78. The molecule has 0 aliphatic heterocycles. The van der Waals surface area contributed by atoms with Crippen molar-refractivity contribution in [1.29, 1.82) is 0 Å². The summed E-state index contributed by atoms with van der Waals surface area (Å²) >= 11 is 0. The fraction of sp³-hybridized carbons (Fsp3) is 0.200. The molecule has 0 radical (unpaired) electrons. The van der Waals surface area contributed by atoms with Crippen molar-refractivity contribution in [1.82, 2.24) is 0 Å². The maximum Gasteiger partial charge on any atom is 0.146 e. The molecule has 0 amide bonds. The molecule has 3 heteroatoms. The van der Waals surface area contributed by atoms with E-state index in [9.17, 15) is 4.57 Å². The molecule has 0 aromatic heterocycles. The zero-order chi connectivity index (χ0) is 13.0. The summed E-state index contributed by atoms with van der Waals surface area (Å²) in [5, 5.41) is 1.69. The number of ether oxygens (including phenoxy) is 1. The molecule has 0 saturated heterocycles. The summed E-state index contributed by atoms with van der Waals surface area (Å²) in [7, 11) is -0.969. The maximum absolute atomic E-state index is 13.3. The van der Waals surface area contributed by atoms with Crippen LogP contribution in [-0.4, -0.2) is 13.3 Å². The third-order valence-corrected chi connectivity index (χ3v) is 6.26. The van der Waals surface area contributed by atoms with Crippen molar-refractivity contribution < 1.29 is 9.30 Å². The molecule has 0 bridgehead atoms. The molecule has 2 aromatic carbocycles. The van der Waals surface area contributed by atoms with Crippen molar-refractivity contribution in [3.63, 3.8) is 0 Å². The zero-order valence-electron chi connectivity index (χ0n) is 10.7. The van der Waals surface area contributed by atoms with Crippen LogP contribution in [-0.2, 0) is 4.57 Å². The minimum atomic E-state index is -2.58. The number of methoxy groups -OCH3 is 1. The highest BCUT2D eigenvalue weighted by Crippen LogP contribution is 2.45. The third-order valence-electron chi connectivity index (χ3n) is 3.09. The van der Waals surface area contributed by atoms with E-state index < -0.39 is 7.14 Å². The Morgan fingerprint density at radius 1 is 1.00 bits per heavy atom. The van der Waals surface area contributed by atoms with E-state index in [1.807, 2.05) is 61.5 Å². The molecule has 0 fully saturated rings. The van der Waals surface area contributed by atoms with Gasteiger partial charge in [-0.2, -0.15) is 0 Å². The van der Waals surface area contributed by atoms with E-state index in [0.717, 1.165) is 10.6 Å². The van der Waals surface area contributed by atoms with Crippen molar-refractivity contribution in [2.75, 3.05) is 13.3 Å². The SMILES string of the molecule is CCP(=O)(c1ccccc1)c1ccccc1OC. The molecule has 0 saturated carbocycles. The van der Waals surface area contributed by atoms with E-state index in [1.165, 1.54) is 0 Å². The van der Waals surface area contributed by atoms with Gasteiger partial charge < -0.3 is 9.30 Å². The lowest BCUT2D eigenvalue weighted by Crippen LogP contribution is -2.19. The summed E-state index contributed by atoms with van der Waals surface area (Å²) in [6.45, 7) is 1.96. The Morgan fingerprint density at radius 3 is 2.22 bits per heavy atom. The molecular weight excluding hydrogens is 243 g/mol. The highest BCUT2D eigenvalue weighted by Gasteiger charge is 2.27. The van der Waals surface area contributed by atoms with E-state index in [1.54, 1.807) is 7.11 Å². The van der Waals surface area contributed by atoms with Gasteiger partial charge in [-0.3, -0.25) is 0 Å². The van der Waals surface area contributed by atoms with Crippen LogP contribution in [0.4, 0.5) is 0 Å². The van der Waals surface area contributed by atoms with Gasteiger partial charge in [0, 0.05) is 11.5 Å². The van der Waals surface area contributed by atoms with Gasteiger partial charge in [0.05, 0.1) is 12.4 Å². The van der Waals surface area contributed by atoms with Crippen LogP contribution in [0.1, 0.15) is 6.92 Å². The van der Waals surface area contributed by atoms with E-state index >= 15 is 0 Å². The molecule has 1 unspecified atom stereocenters. The van der Waals surface area contributed by atoms with Gasteiger partial charge in [0.1, 0.15) is 12.9 Å². The molecule has 0 spiro atoms. The lowest BCUT2D eigenvalue weighted by molar-refractivity contribution is 0.418. The third kappa shape index (κ3) is 2.21. The highest BCUT2D eigenvalue weighted by atomic mass is 31.2. The summed E-state index contributed by atoms with van der Waals surface area (Å²) in [6, 6.07) is 17.2. The molecule has 1 atom stereocenters. The molecule has 2 nitrogen and oxygen atoms in total. The lowest BCUT2D eigenvalue weighted by atomic mass is 10.3. The van der Waals surface area contributed by atoms with Crippen LogP contribution in [0.3, 0.4) is 0 Å². The van der Waals surface area contributed by atoms with Crippen molar-refractivity contribution >= 4 is 17.8 Å². The summed E-state index contributed by atoms with van der Waals surface area (Å²) < 4.78 is 18.6. The van der Waals surface area contributed by atoms with E-state index in [4.69, 9.17) is 4.74 Å². The minimum Gasteiger partial charge on any atom is -0.496 e. The number of benzene rings is 2.